The monoisotopic (exact) mass is 558 g/mol. The lowest BCUT2D eigenvalue weighted by atomic mass is 9.88. The molecule has 0 saturated carbocycles. The number of hydrogen-bond donors (Lipinski definition) is 1. The largest absolute Gasteiger partial charge is 0.493 e. The molecule has 0 radical (unpaired) electrons. The summed E-state index contributed by atoms with van der Waals surface area (Å²) in [7, 11) is 4.97. The van der Waals surface area contributed by atoms with E-state index in [-0.39, 0.29) is 24.1 Å². The van der Waals surface area contributed by atoms with Gasteiger partial charge in [-0.05, 0) is 98.5 Å². The van der Waals surface area contributed by atoms with E-state index in [9.17, 15) is 4.79 Å². The lowest BCUT2D eigenvalue weighted by Crippen LogP contribution is -2.44. The molecule has 5 rings (SSSR count). The molecule has 7 nitrogen and oxygen atoms in total. The molecule has 3 aromatic carbocycles. The van der Waals surface area contributed by atoms with Gasteiger partial charge in [-0.1, -0.05) is 29.8 Å². The van der Waals surface area contributed by atoms with Gasteiger partial charge in [0.05, 0.1) is 40.0 Å². The molecule has 41 heavy (non-hydrogen) atoms. The SMILES string of the molecule is COc1ccc(CC2c3cc(OC(C)C)c(OC)cc3CCN2CC(=O)NC2CCc3ccc(C)cc32)cc1OC. The predicted octanol–water partition coefficient (Wildman–Crippen LogP) is 5.75. The zero-order valence-electron chi connectivity index (χ0n) is 25.1. The van der Waals surface area contributed by atoms with Crippen LogP contribution in [0, 0.1) is 6.92 Å². The molecule has 0 bridgehead atoms. The lowest BCUT2D eigenvalue weighted by molar-refractivity contribution is -0.123. The van der Waals surface area contributed by atoms with Crippen LogP contribution in [0.3, 0.4) is 0 Å². The fraction of sp³-hybridized carbons (Fsp3) is 0.441. The molecule has 0 saturated heterocycles. The number of aryl methyl sites for hydroxylation is 2. The van der Waals surface area contributed by atoms with Gasteiger partial charge in [-0.2, -0.15) is 0 Å². The quantitative estimate of drug-likeness (QED) is 0.342. The number of rotatable bonds is 10. The molecule has 2 aliphatic rings. The number of ether oxygens (including phenoxy) is 4. The molecule has 1 amide bonds. The van der Waals surface area contributed by atoms with Crippen LogP contribution in [-0.2, 0) is 24.1 Å². The van der Waals surface area contributed by atoms with Gasteiger partial charge >= 0.3 is 0 Å². The summed E-state index contributed by atoms with van der Waals surface area (Å²) in [6, 6.07) is 16.9. The van der Waals surface area contributed by atoms with Crippen molar-refractivity contribution in [3.63, 3.8) is 0 Å². The third kappa shape index (κ3) is 6.30. The number of hydrogen-bond acceptors (Lipinski definition) is 6. The van der Waals surface area contributed by atoms with Gasteiger partial charge in [-0.25, -0.2) is 0 Å². The van der Waals surface area contributed by atoms with Crippen molar-refractivity contribution < 1.29 is 23.7 Å². The molecule has 1 aliphatic heterocycles. The Morgan fingerprint density at radius 2 is 1.63 bits per heavy atom. The number of nitrogens with zero attached hydrogens (tertiary/aromatic N) is 1. The maximum absolute atomic E-state index is 13.5. The molecule has 7 heteroatoms. The molecule has 3 aromatic rings. The van der Waals surface area contributed by atoms with E-state index < -0.39 is 0 Å². The van der Waals surface area contributed by atoms with Gasteiger partial charge in [0, 0.05) is 12.6 Å². The maximum atomic E-state index is 13.5. The molecule has 218 valence electrons. The summed E-state index contributed by atoms with van der Waals surface area (Å²) < 4.78 is 22.9. The van der Waals surface area contributed by atoms with Gasteiger partial charge in [-0.3, -0.25) is 9.69 Å². The fourth-order valence-corrected chi connectivity index (χ4v) is 6.22. The number of amides is 1. The van der Waals surface area contributed by atoms with Crippen LogP contribution in [0.2, 0.25) is 0 Å². The van der Waals surface area contributed by atoms with Crippen molar-refractivity contribution in [1.29, 1.82) is 0 Å². The smallest absolute Gasteiger partial charge is 0.234 e. The van der Waals surface area contributed by atoms with E-state index in [1.807, 2.05) is 26.0 Å². The van der Waals surface area contributed by atoms with Crippen molar-refractivity contribution in [2.24, 2.45) is 0 Å². The minimum Gasteiger partial charge on any atom is -0.493 e. The summed E-state index contributed by atoms with van der Waals surface area (Å²) in [5.74, 6) is 2.91. The highest BCUT2D eigenvalue weighted by Crippen LogP contribution is 2.41. The van der Waals surface area contributed by atoms with Crippen LogP contribution < -0.4 is 24.3 Å². The Kier molecular flexibility index (Phi) is 8.74. The van der Waals surface area contributed by atoms with Crippen LogP contribution in [-0.4, -0.2) is 51.3 Å². The van der Waals surface area contributed by atoms with E-state index in [1.54, 1.807) is 21.3 Å². The maximum Gasteiger partial charge on any atom is 0.234 e. The van der Waals surface area contributed by atoms with Crippen LogP contribution >= 0.6 is 0 Å². The number of benzene rings is 3. The van der Waals surface area contributed by atoms with Gasteiger partial charge in [0.1, 0.15) is 0 Å². The molecular weight excluding hydrogens is 516 g/mol. The fourth-order valence-electron chi connectivity index (χ4n) is 6.22. The number of fused-ring (bicyclic) bond motifs is 2. The molecule has 1 heterocycles. The molecule has 0 fully saturated rings. The van der Waals surface area contributed by atoms with Gasteiger partial charge in [-0.15, -0.1) is 0 Å². The highest BCUT2D eigenvalue weighted by molar-refractivity contribution is 5.79. The van der Waals surface area contributed by atoms with Crippen LogP contribution in [0.25, 0.3) is 0 Å². The van der Waals surface area contributed by atoms with Crippen molar-refractivity contribution in [3.8, 4) is 23.0 Å². The number of carbonyl (C=O) groups is 1. The standard InChI is InChI=1S/C34H42N2O5/c1-21(2)41-33-19-27-25(18-32(33)40-6)13-14-36(29(27)16-23-8-12-30(38-4)31(17-23)39-5)20-34(37)35-28-11-10-24-9-7-22(3)15-26(24)28/h7-9,12,15,17-19,21,28-29H,10-11,13-14,16,20H2,1-6H3,(H,35,37). The molecular formula is C34H42N2O5. The second-order valence-electron chi connectivity index (χ2n) is 11.4. The van der Waals surface area contributed by atoms with Crippen molar-refractivity contribution in [3.05, 3.63) is 81.9 Å². The van der Waals surface area contributed by atoms with Gasteiger partial charge in [0.25, 0.3) is 0 Å². The van der Waals surface area contributed by atoms with E-state index in [0.717, 1.165) is 48.4 Å². The molecule has 1 N–H and O–H groups in total. The number of nitrogens with one attached hydrogen (secondary N) is 1. The minimum atomic E-state index is -0.0267. The average Bonchev–Trinajstić information content (AvgIpc) is 3.34. The molecule has 0 spiro atoms. The highest BCUT2D eigenvalue weighted by atomic mass is 16.5. The third-order valence-corrected chi connectivity index (χ3v) is 8.19. The van der Waals surface area contributed by atoms with Crippen molar-refractivity contribution in [2.45, 2.75) is 64.6 Å². The van der Waals surface area contributed by atoms with E-state index >= 15 is 0 Å². The van der Waals surface area contributed by atoms with Crippen molar-refractivity contribution >= 4 is 5.91 Å². The number of carbonyl (C=O) groups excluding carboxylic acids is 1. The topological polar surface area (TPSA) is 69.3 Å². The average molecular weight is 559 g/mol. The second kappa shape index (κ2) is 12.4. The highest BCUT2D eigenvalue weighted by Gasteiger charge is 2.32. The lowest BCUT2D eigenvalue weighted by Gasteiger charge is -2.38. The summed E-state index contributed by atoms with van der Waals surface area (Å²) >= 11 is 0. The minimum absolute atomic E-state index is 0.00893. The number of methoxy groups -OCH3 is 3. The Balaban J connectivity index is 1.44. The first-order chi connectivity index (χ1) is 19.8. The summed E-state index contributed by atoms with van der Waals surface area (Å²) in [5, 5.41) is 3.35. The zero-order valence-corrected chi connectivity index (χ0v) is 25.1. The molecule has 2 atom stereocenters. The molecule has 2 unspecified atom stereocenters. The Bertz CT molecular complexity index is 1400. The predicted molar refractivity (Wildman–Crippen MR) is 160 cm³/mol. The summed E-state index contributed by atoms with van der Waals surface area (Å²) in [6.45, 7) is 7.22. The van der Waals surface area contributed by atoms with Gasteiger partial charge in [0.2, 0.25) is 5.91 Å². The van der Waals surface area contributed by atoms with Crippen LogP contribution in [0.15, 0.2) is 48.5 Å². The van der Waals surface area contributed by atoms with E-state index in [2.05, 4.69) is 53.5 Å². The van der Waals surface area contributed by atoms with Crippen LogP contribution in [0.5, 0.6) is 23.0 Å². The molecule has 0 aromatic heterocycles. The Morgan fingerprint density at radius 3 is 2.37 bits per heavy atom. The Labute approximate surface area is 243 Å². The summed E-state index contributed by atoms with van der Waals surface area (Å²) in [6.07, 6.45) is 3.49. The first-order valence-corrected chi connectivity index (χ1v) is 14.5. The van der Waals surface area contributed by atoms with E-state index in [0.29, 0.717) is 24.5 Å². The summed E-state index contributed by atoms with van der Waals surface area (Å²) in [5.41, 5.74) is 7.31. The van der Waals surface area contributed by atoms with Crippen LogP contribution in [0.4, 0.5) is 0 Å². The van der Waals surface area contributed by atoms with Crippen molar-refractivity contribution in [1.82, 2.24) is 10.2 Å². The van der Waals surface area contributed by atoms with Gasteiger partial charge in [0.15, 0.2) is 23.0 Å². The van der Waals surface area contributed by atoms with E-state index in [1.165, 1.54) is 22.3 Å². The van der Waals surface area contributed by atoms with Crippen LogP contribution in [0.1, 0.15) is 65.7 Å². The Hall–Kier alpha value is -3.71. The summed E-state index contributed by atoms with van der Waals surface area (Å²) in [4.78, 5) is 15.8. The Morgan fingerprint density at radius 1 is 0.878 bits per heavy atom. The zero-order chi connectivity index (χ0) is 29.1. The first kappa shape index (κ1) is 28.8. The van der Waals surface area contributed by atoms with E-state index in [4.69, 9.17) is 18.9 Å². The third-order valence-electron chi connectivity index (χ3n) is 8.19. The molecule has 1 aliphatic carbocycles. The second-order valence-corrected chi connectivity index (χ2v) is 11.4. The van der Waals surface area contributed by atoms with Crippen molar-refractivity contribution in [2.75, 3.05) is 34.4 Å². The first-order valence-electron chi connectivity index (χ1n) is 14.5. The normalized spacial score (nSPS) is 18.0. The van der Waals surface area contributed by atoms with Gasteiger partial charge < -0.3 is 24.3 Å².